The summed E-state index contributed by atoms with van der Waals surface area (Å²) in [7, 11) is 1.53. The van der Waals surface area contributed by atoms with Crippen LogP contribution < -0.4 is 14.8 Å². The van der Waals surface area contributed by atoms with Gasteiger partial charge in [-0.2, -0.15) is 5.10 Å². The lowest BCUT2D eigenvalue weighted by Crippen LogP contribution is -2.29. The second-order valence-electron chi connectivity index (χ2n) is 8.17. The SMILES string of the molecule is CCn1cc(CN2C(=O)/C(=C\c3ccc(OC)c(COc4cc(C)ccc4[N+](=O)[O-])c3)NC2=S)cn1. The number of aromatic nitrogens is 2. The number of carbonyl (C=O) groups is 1. The van der Waals surface area contributed by atoms with Gasteiger partial charge in [-0.3, -0.25) is 24.5 Å². The van der Waals surface area contributed by atoms with Gasteiger partial charge in [-0.1, -0.05) is 12.1 Å². The predicted octanol–water partition coefficient (Wildman–Crippen LogP) is 3.97. The average molecular weight is 508 g/mol. The van der Waals surface area contributed by atoms with Gasteiger partial charge < -0.3 is 14.8 Å². The number of hydrogen-bond donors (Lipinski definition) is 1. The smallest absolute Gasteiger partial charge is 0.310 e. The number of nitro groups is 1. The summed E-state index contributed by atoms with van der Waals surface area (Å²) >= 11 is 5.38. The molecule has 0 atom stereocenters. The van der Waals surface area contributed by atoms with Crippen molar-refractivity contribution in [1.29, 1.82) is 0 Å². The molecule has 0 radical (unpaired) electrons. The molecule has 1 saturated heterocycles. The molecule has 1 N–H and O–H groups in total. The van der Waals surface area contributed by atoms with E-state index in [1.165, 1.54) is 18.1 Å². The molecule has 36 heavy (non-hydrogen) atoms. The highest BCUT2D eigenvalue weighted by atomic mass is 32.1. The Bertz CT molecular complexity index is 1370. The minimum Gasteiger partial charge on any atom is -0.496 e. The summed E-state index contributed by atoms with van der Waals surface area (Å²) in [6.45, 7) is 4.92. The maximum absolute atomic E-state index is 13.0. The normalized spacial score (nSPS) is 14.3. The Kier molecular flexibility index (Phi) is 7.30. The van der Waals surface area contributed by atoms with Crippen LogP contribution in [0.3, 0.4) is 0 Å². The van der Waals surface area contributed by atoms with Crippen LogP contribution in [0.1, 0.15) is 29.2 Å². The fraction of sp³-hybridized carbons (Fsp3) is 0.240. The molecule has 0 bridgehead atoms. The molecule has 1 amide bonds. The van der Waals surface area contributed by atoms with E-state index >= 15 is 0 Å². The molecule has 186 valence electrons. The van der Waals surface area contributed by atoms with E-state index in [1.807, 2.05) is 20.0 Å². The van der Waals surface area contributed by atoms with Gasteiger partial charge in [-0.15, -0.1) is 0 Å². The number of hydrogen-bond acceptors (Lipinski definition) is 7. The zero-order chi connectivity index (χ0) is 25.8. The van der Waals surface area contributed by atoms with Crippen LogP contribution in [-0.2, 0) is 24.5 Å². The second-order valence-corrected chi connectivity index (χ2v) is 8.56. The molecule has 10 nitrogen and oxygen atoms in total. The Morgan fingerprint density at radius 2 is 2.03 bits per heavy atom. The number of nitrogens with zero attached hydrogens (tertiary/aromatic N) is 4. The van der Waals surface area contributed by atoms with E-state index in [1.54, 1.807) is 47.3 Å². The van der Waals surface area contributed by atoms with Crippen molar-refractivity contribution in [3.05, 3.63) is 86.9 Å². The molecule has 1 aromatic heterocycles. The first-order chi connectivity index (χ1) is 17.3. The van der Waals surface area contributed by atoms with Crippen LogP contribution in [-0.4, -0.2) is 37.7 Å². The van der Waals surface area contributed by atoms with Crippen molar-refractivity contribution in [1.82, 2.24) is 20.0 Å². The molecule has 1 fully saturated rings. The third-order valence-electron chi connectivity index (χ3n) is 5.62. The minimum atomic E-state index is -0.480. The second kappa shape index (κ2) is 10.6. The van der Waals surface area contributed by atoms with Gasteiger partial charge in [0.15, 0.2) is 10.9 Å². The van der Waals surface area contributed by atoms with Gasteiger partial charge in [0.05, 0.1) is 24.8 Å². The van der Waals surface area contributed by atoms with E-state index < -0.39 is 4.92 Å². The van der Waals surface area contributed by atoms with E-state index in [0.29, 0.717) is 34.2 Å². The van der Waals surface area contributed by atoms with Crippen LogP contribution in [0.25, 0.3) is 6.08 Å². The predicted molar refractivity (Wildman–Crippen MR) is 137 cm³/mol. The Morgan fingerprint density at radius 1 is 1.22 bits per heavy atom. The van der Waals surface area contributed by atoms with Crippen LogP contribution in [0.2, 0.25) is 0 Å². The van der Waals surface area contributed by atoms with E-state index in [4.69, 9.17) is 21.7 Å². The molecular formula is C25H25N5O5S. The van der Waals surface area contributed by atoms with Crippen molar-refractivity contribution in [2.75, 3.05) is 7.11 Å². The molecular weight excluding hydrogens is 482 g/mol. The van der Waals surface area contributed by atoms with Crippen molar-refractivity contribution < 1.29 is 19.2 Å². The molecule has 1 aliphatic heterocycles. The molecule has 3 aromatic rings. The lowest BCUT2D eigenvalue weighted by molar-refractivity contribution is -0.386. The lowest BCUT2D eigenvalue weighted by atomic mass is 10.1. The Labute approximate surface area is 213 Å². The van der Waals surface area contributed by atoms with E-state index in [9.17, 15) is 14.9 Å². The van der Waals surface area contributed by atoms with Gasteiger partial charge in [-0.05, 0) is 61.5 Å². The molecule has 2 aromatic carbocycles. The summed E-state index contributed by atoms with van der Waals surface area (Å²) in [5.41, 5.74) is 3.33. The number of amides is 1. The summed E-state index contributed by atoms with van der Waals surface area (Å²) in [6.07, 6.45) is 5.30. The number of thiocarbonyl (C=S) groups is 1. The number of nitro benzene ring substituents is 1. The van der Waals surface area contributed by atoms with Crippen molar-refractivity contribution in [2.24, 2.45) is 0 Å². The zero-order valence-corrected chi connectivity index (χ0v) is 20.9. The van der Waals surface area contributed by atoms with Gasteiger partial charge in [-0.25, -0.2) is 0 Å². The average Bonchev–Trinajstić information content (AvgIpc) is 3.42. The molecule has 0 aliphatic carbocycles. The standard InChI is InChI=1S/C25H25N5O5S/c1-4-28-13-18(12-26-28)14-29-24(31)20(27-25(29)36)11-17-6-8-22(34-3)19(10-17)15-35-23-9-16(2)5-7-21(23)30(32)33/h5-13H,4,14-15H2,1-3H3,(H,27,36)/b20-11+. The maximum atomic E-state index is 13.0. The fourth-order valence-electron chi connectivity index (χ4n) is 3.77. The van der Waals surface area contributed by atoms with Crippen LogP contribution in [0.4, 0.5) is 5.69 Å². The maximum Gasteiger partial charge on any atom is 0.310 e. The molecule has 4 rings (SSSR count). The molecule has 0 spiro atoms. The third kappa shape index (κ3) is 5.36. The van der Waals surface area contributed by atoms with Crippen molar-refractivity contribution in [2.45, 2.75) is 33.5 Å². The number of methoxy groups -OCH3 is 1. The lowest BCUT2D eigenvalue weighted by Gasteiger charge is -2.12. The highest BCUT2D eigenvalue weighted by molar-refractivity contribution is 7.80. The summed E-state index contributed by atoms with van der Waals surface area (Å²) in [5, 5.41) is 18.9. The molecule has 0 unspecified atom stereocenters. The van der Waals surface area contributed by atoms with Crippen LogP contribution in [0.5, 0.6) is 11.5 Å². The van der Waals surface area contributed by atoms with Gasteiger partial charge in [0.25, 0.3) is 5.91 Å². The van der Waals surface area contributed by atoms with Crippen LogP contribution in [0, 0.1) is 17.0 Å². The first-order valence-corrected chi connectivity index (χ1v) is 11.6. The minimum absolute atomic E-state index is 0.0395. The quantitative estimate of drug-likeness (QED) is 0.200. The third-order valence-corrected chi connectivity index (χ3v) is 5.95. The van der Waals surface area contributed by atoms with E-state index in [2.05, 4.69) is 10.4 Å². The number of carbonyl (C=O) groups excluding carboxylic acids is 1. The molecule has 11 heteroatoms. The molecule has 2 heterocycles. The van der Waals surface area contributed by atoms with Crippen molar-refractivity contribution in [3.63, 3.8) is 0 Å². The Hall–Kier alpha value is -4.25. The van der Waals surface area contributed by atoms with Crippen molar-refractivity contribution in [3.8, 4) is 11.5 Å². The van der Waals surface area contributed by atoms with Crippen LogP contribution in [0.15, 0.2) is 54.5 Å². The fourth-order valence-corrected chi connectivity index (χ4v) is 4.03. The number of nitrogens with one attached hydrogen (secondary N) is 1. The molecule has 0 saturated carbocycles. The first kappa shape index (κ1) is 24.9. The summed E-state index contributed by atoms with van der Waals surface area (Å²) in [5.74, 6) is 0.488. The summed E-state index contributed by atoms with van der Waals surface area (Å²) in [6, 6.07) is 10.1. The summed E-state index contributed by atoms with van der Waals surface area (Å²) in [4.78, 5) is 25.4. The topological polar surface area (TPSA) is 112 Å². The number of benzene rings is 2. The highest BCUT2D eigenvalue weighted by Crippen LogP contribution is 2.30. The van der Waals surface area contributed by atoms with E-state index in [0.717, 1.165) is 17.7 Å². The Balaban J connectivity index is 1.54. The zero-order valence-electron chi connectivity index (χ0n) is 20.1. The van der Waals surface area contributed by atoms with Gasteiger partial charge >= 0.3 is 5.69 Å². The monoisotopic (exact) mass is 507 g/mol. The Morgan fingerprint density at radius 3 is 2.72 bits per heavy atom. The van der Waals surface area contributed by atoms with Gasteiger partial charge in [0, 0.05) is 29.9 Å². The van der Waals surface area contributed by atoms with Gasteiger partial charge in [0.2, 0.25) is 0 Å². The molecule has 1 aliphatic rings. The number of ether oxygens (including phenoxy) is 2. The summed E-state index contributed by atoms with van der Waals surface area (Å²) < 4.78 is 13.0. The van der Waals surface area contributed by atoms with Crippen LogP contribution >= 0.6 is 12.2 Å². The van der Waals surface area contributed by atoms with E-state index in [-0.39, 0.29) is 24.0 Å². The number of rotatable bonds is 9. The number of aryl methyl sites for hydroxylation is 2. The van der Waals surface area contributed by atoms with Crippen molar-refractivity contribution >= 4 is 35.0 Å². The largest absolute Gasteiger partial charge is 0.496 e. The highest BCUT2D eigenvalue weighted by Gasteiger charge is 2.31. The van der Waals surface area contributed by atoms with Gasteiger partial charge in [0.1, 0.15) is 18.1 Å². The first-order valence-electron chi connectivity index (χ1n) is 11.2.